The summed E-state index contributed by atoms with van der Waals surface area (Å²) in [5, 5.41) is 12.1. The number of hydrogen-bond acceptors (Lipinski definition) is 4. The van der Waals surface area contributed by atoms with Gasteiger partial charge in [-0.2, -0.15) is 0 Å². The van der Waals surface area contributed by atoms with Crippen LogP contribution in [0.2, 0.25) is 0 Å². The number of nitrogens with zero attached hydrogens (tertiary/aromatic N) is 1. The van der Waals surface area contributed by atoms with Crippen molar-refractivity contribution in [2.24, 2.45) is 0 Å². The Hall–Kier alpha value is -1.20. The van der Waals surface area contributed by atoms with Gasteiger partial charge in [-0.3, -0.25) is 4.79 Å². The molecule has 0 radical (unpaired) electrons. The molecule has 0 spiro atoms. The summed E-state index contributed by atoms with van der Waals surface area (Å²) in [6.45, 7) is 1.51. The minimum atomic E-state index is 0.110. The predicted octanol–water partition coefficient (Wildman–Crippen LogP) is 1.16. The average Bonchev–Trinajstić information content (AvgIpc) is 2.34. The quantitative estimate of drug-likeness (QED) is 0.748. The third-order valence-electron chi connectivity index (χ3n) is 2.32. The second-order valence-corrected chi connectivity index (χ2v) is 4.75. The van der Waals surface area contributed by atoms with Crippen molar-refractivity contribution in [2.75, 3.05) is 32.9 Å². The number of rotatable bonds is 6. The van der Waals surface area contributed by atoms with E-state index in [-0.39, 0.29) is 11.7 Å². The number of aromatic hydroxyl groups is 1. The van der Waals surface area contributed by atoms with Gasteiger partial charge in [-0.1, -0.05) is 0 Å². The Balaban J connectivity index is 2.34. The molecule has 1 aromatic rings. The van der Waals surface area contributed by atoms with Crippen LogP contribution < -0.4 is 5.32 Å². The number of benzene rings is 1. The molecule has 0 atom stereocenters. The van der Waals surface area contributed by atoms with Crippen molar-refractivity contribution in [3.8, 4) is 5.75 Å². The number of phenols is 1. The Bertz CT molecular complexity index is 354. The first-order valence-electron chi connectivity index (χ1n) is 5.44. The number of hydrogen-bond donors (Lipinski definition) is 2. The van der Waals surface area contributed by atoms with Crippen molar-refractivity contribution in [2.45, 2.75) is 4.90 Å². The van der Waals surface area contributed by atoms with Crippen molar-refractivity contribution >= 4 is 17.7 Å². The second-order valence-electron chi connectivity index (χ2n) is 3.70. The Morgan fingerprint density at radius 1 is 1.41 bits per heavy atom. The molecule has 0 unspecified atom stereocenters. The van der Waals surface area contributed by atoms with E-state index in [4.69, 9.17) is 5.11 Å². The summed E-state index contributed by atoms with van der Waals surface area (Å²) >= 11 is 1.48. The standard InChI is InChI=1S/C12H18N2O2S/c1-13-7-8-14(2)12(16)9-17-11-5-3-10(15)4-6-11/h3-6,13,15H,7-9H2,1-2H3. The Labute approximate surface area is 106 Å². The maximum Gasteiger partial charge on any atom is 0.232 e. The largest absolute Gasteiger partial charge is 0.508 e. The third-order valence-corrected chi connectivity index (χ3v) is 3.32. The minimum absolute atomic E-state index is 0.110. The summed E-state index contributed by atoms with van der Waals surface area (Å²) in [6.07, 6.45) is 0. The van der Waals surface area contributed by atoms with E-state index in [1.54, 1.807) is 36.2 Å². The fourth-order valence-electron chi connectivity index (χ4n) is 1.20. The van der Waals surface area contributed by atoms with E-state index in [9.17, 15) is 4.79 Å². The van der Waals surface area contributed by atoms with Crippen molar-refractivity contribution in [1.82, 2.24) is 10.2 Å². The van der Waals surface area contributed by atoms with E-state index < -0.39 is 0 Å². The Morgan fingerprint density at radius 3 is 2.65 bits per heavy atom. The fourth-order valence-corrected chi connectivity index (χ4v) is 2.04. The van der Waals surface area contributed by atoms with Gasteiger partial charge < -0.3 is 15.3 Å². The highest BCUT2D eigenvalue weighted by Gasteiger charge is 2.08. The molecule has 4 nitrogen and oxygen atoms in total. The summed E-state index contributed by atoms with van der Waals surface area (Å²) in [5.74, 6) is 0.774. The molecule has 0 aliphatic carbocycles. The molecule has 94 valence electrons. The van der Waals surface area contributed by atoms with Gasteiger partial charge in [-0.25, -0.2) is 0 Å². The third kappa shape index (κ3) is 5.10. The van der Waals surface area contributed by atoms with Crippen LogP contribution in [0.3, 0.4) is 0 Å². The van der Waals surface area contributed by atoms with Gasteiger partial charge in [0.2, 0.25) is 5.91 Å². The number of carbonyl (C=O) groups is 1. The zero-order valence-corrected chi connectivity index (χ0v) is 11.0. The predicted molar refractivity (Wildman–Crippen MR) is 70.4 cm³/mol. The van der Waals surface area contributed by atoms with Crippen molar-refractivity contribution in [3.63, 3.8) is 0 Å². The summed E-state index contributed by atoms with van der Waals surface area (Å²) in [4.78, 5) is 14.4. The lowest BCUT2D eigenvalue weighted by Gasteiger charge is -2.16. The molecule has 1 aromatic carbocycles. The lowest BCUT2D eigenvalue weighted by atomic mass is 10.3. The molecule has 2 N–H and O–H groups in total. The van der Waals surface area contributed by atoms with Crippen LogP contribution >= 0.6 is 11.8 Å². The van der Waals surface area contributed by atoms with Crippen LogP contribution in [0.15, 0.2) is 29.2 Å². The Morgan fingerprint density at radius 2 is 2.06 bits per heavy atom. The zero-order chi connectivity index (χ0) is 12.7. The van der Waals surface area contributed by atoms with Crippen LogP contribution in [-0.2, 0) is 4.79 Å². The number of phenolic OH excluding ortho intramolecular Hbond substituents is 1. The molecular weight excluding hydrogens is 236 g/mol. The van der Waals surface area contributed by atoms with Crippen LogP contribution in [0.25, 0.3) is 0 Å². The van der Waals surface area contributed by atoms with Crippen LogP contribution in [-0.4, -0.2) is 48.9 Å². The first kappa shape index (κ1) is 13.9. The number of carbonyl (C=O) groups excluding carboxylic acids is 1. The second kappa shape index (κ2) is 7.19. The van der Waals surface area contributed by atoms with Gasteiger partial charge in [0.25, 0.3) is 0 Å². The number of likely N-dealkylation sites (N-methyl/N-ethyl adjacent to an activating group) is 2. The summed E-state index contributed by atoms with van der Waals surface area (Å²) < 4.78 is 0. The highest BCUT2D eigenvalue weighted by atomic mass is 32.2. The van der Waals surface area contributed by atoms with E-state index >= 15 is 0 Å². The van der Waals surface area contributed by atoms with Gasteiger partial charge in [0, 0.05) is 25.0 Å². The van der Waals surface area contributed by atoms with E-state index in [0.29, 0.717) is 12.3 Å². The van der Waals surface area contributed by atoms with Crippen LogP contribution in [0.5, 0.6) is 5.75 Å². The molecular formula is C12H18N2O2S. The van der Waals surface area contributed by atoms with Crippen LogP contribution in [0, 0.1) is 0 Å². The molecule has 0 fully saturated rings. The Kier molecular flexibility index (Phi) is 5.86. The summed E-state index contributed by atoms with van der Waals surface area (Å²) in [6, 6.07) is 6.86. The van der Waals surface area contributed by atoms with Gasteiger partial charge in [-0.15, -0.1) is 11.8 Å². The number of thioether (sulfide) groups is 1. The average molecular weight is 254 g/mol. The maximum atomic E-state index is 11.7. The maximum absolute atomic E-state index is 11.7. The van der Waals surface area contributed by atoms with Crippen molar-refractivity contribution in [1.29, 1.82) is 0 Å². The van der Waals surface area contributed by atoms with E-state index in [1.165, 1.54) is 11.8 Å². The lowest BCUT2D eigenvalue weighted by molar-refractivity contribution is -0.127. The highest BCUT2D eigenvalue weighted by Crippen LogP contribution is 2.20. The summed E-state index contributed by atoms with van der Waals surface area (Å²) in [5.41, 5.74) is 0. The smallest absolute Gasteiger partial charge is 0.232 e. The van der Waals surface area contributed by atoms with Crippen molar-refractivity contribution in [3.05, 3.63) is 24.3 Å². The van der Waals surface area contributed by atoms with Gasteiger partial charge in [0.15, 0.2) is 0 Å². The SMILES string of the molecule is CNCCN(C)C(=O)CSc1ccc(O)cc1. The van der Waals surface area contributed by atoms with Crippen molar-refractivity contribution < 1.29 is 9.90 Å². The molecule has 0 saturated heterocycles. The van der Waals surface area contributed by atoms with Gasteiger partial charge in [0.1, 0.15) is 5.75 Å². The molecule has 0 saturated carbocycles. The first-order valence-corrected chi connectivity index (χ1v) is 6.42. The highest BCUT2D eigenvalue weighted by molar-refractivity contribution is 8.00. The first-order chi connectivity index (χ1) is 8.13. The topological polar surface area (TPSA) is 52.6 Å². The monoisotopic (exact) mass is 254 g/mol. The van der Waals surface area contributed by atoms with Crippen LogP contribution in [0.1, 0.15) is 0 Å². The molecule has 1 rings (SSSR count). The van der Waals surface area contributed by atoms with Gasteiger partial charge in [0.05, 0.1) is 5.75 Å². The van der Waals surface area contributed by atoms with E-state index in [1.807, 2.05) is 7.05 Å². The fraction of sp³-hybridized carbons (Fsp3) is 0.417. The number of amides is 1. The molecule has 0 bridgehead atoms. The van der Waals surface area contributed by atoms with Crippen LogP contribution in [0.4, 0.5) is 0 Å². The minimum Gasteiger partial charge on any atom is -0.508 e. The molecule has 5 heteroatoms. The lowest BCUT2D eigenvalue weighted by Crippen LogP contribution is -2.33. The molecule has 0 aromatic heterocycles. The molecule has 1 amide bonds. The number of nitrogens with one attached hydrogen (secondary N) is 1. The molecule has 0 aliphatic rings. The molecule has 0 aliphatic heterocycles. The molecule has 17 heavy (non-hydrogen) atoms. The summed E-state index contributed by atoms with van der Waals surface area (Å²) in [7, 11) is 3.67. The van der Waals surface area contributed by atoms with E-state index in [2.05, 4.69) is 5.32 Å². The zero-order valence-electron chi connectivity index (χ0n) is 10.1. The van der Waals surface area contributed by atoms with Gasteiger partial charge in [-0.05, 0) is 31.3 Å². The van der Waals surface area contributed by atoms with E-state index in [0.717, 1.165) is 11.4 Å². The normalized spacial score (nSPS) is 10.2. The molecule has 0 heterocycles. The van der Waals surface area contributed by atoms with Gasteiger partial charge >= 0.3 is 0 Å².